The van der Waals surface area contributed by atoms with Gasteiger partial charge in [-0.3, -0.25) is 14.7 Å². The van der Waals surface area contributed by atoms with Crippen LogP contribution in [0.1, 0.15) is 28.7 Å². The van der Waals surface area contributed by atoms with E-state index in [0.29, 0.717) is 29.6 Å². The highest BCUT2D eigenvalue weighted by Crippen LogP contribution is 2.35. The zero-order valence-corrected chi connectivity index (χ0v) is 19.7. The molecule has 34 heavy (non-hydrogen) atoms. The third kappa shape index (κ3) is 4.15. The van der Waals surface area contributed by atoms with E-state index in [1.165, 1.54) is 11.3 Å². The van der Waals surface area contributed by atoms with E-state index in [1.807, 2.05) is 80.6 Å². The van der Waals surface area contributed by atoms with Crippen LogP contribution in [-0.4, -0.2) is 32.3 Å². The molecule has 0 aliphatic rings. The number of nitrogens with zero attached hydrogens (tertiary/aromatic N) is 5. The topological polar surface area (TPSA) is 73.1 Å². The van der Waals surface area contributed by atoms with Gasteiger partial charge >= 0.3 is 0 Å². The molecule has 8 heteroatoms. The molecule has 0 N–H and O–H groups in total. The van der Waals surface area contributed by atoms with Crippen LogP contribution >= 0.6 is 11.3 Å². The van der Waals surface area contributed by atoms with Crippen molar-refractivity contribution in [3.63, 3.8) is 0 Å². The van der Waals surface area contributed by atoms with Crippen molar-refractivity contribution in [2.45, 2.75) is 20.4 Å². The maximum absolute atomic E-state index is 13.9. The molecule has 0 radical (unpaired) electrons. The van der Waals surface area contributed by atoms with E-state index in [0.717, 1.165) is 27.3 Å². The van der Waals surface area contributed by atoms with Crippen molar-refractivity contribution in [1.29, 1.82) is 0 Å². The molecule has 0 unspecified atom stereocenters. The van der Waals surface area contributed by atoms with Gasteiger partial charge in [0, 0.05) is 6.20 Å². The molecule has 0 aliphatic carbocycles. The largest absolute Gasteiger partial charge is 0.492 e. The van der Waals surface area contributed by atoms with E-state index in [-0.39, 0.29) is 5.91 Å². The smallest absolute Gasteiger partial charge is 0.263 e. The van der Waals surface area contributed by atoms with Crippen LogP contribution in [0.3, 0.4) is 0 Å². The van der Waals surface area contributed by atoms with Crippen molar-refractivity contribution >= 4 is 32.6 Å². The summed E-state index contributed by atoms with van der Waals surface area (Å²) in [6.07, 6.45) is 3.34. The fourth-order valence-electron chi connectivity index (χ4n) is 3.77. The van der Waals surface area contributed by atoms with E-state index >= 15 is 0 Å². The van der Waals surface area contributed by atoms with Gasteiger partial charge in [-0.1, -0.05) is 41.7 Å². The number of hydrogen-bond acceptors (Lipinski definition) is 6. The van der Waals surface area contributed by atoms with E-state index < -0.39 is 0 Å². The summed E-state index contributed by atoms with van der Waals surface area (Å²) in [6.45, 7) is 4.67. The van der Waals surface area contributed by atoms with Crippen molar-refractivity contribution in [2.75, 3.05) is 11.5 Å². The third-order valence-corrected chi connectivity index (χ3v) is 6.48. The van der Waals surface area contributed by atoms with Gasteiger partial charge in [0.1, 0.15) is 11.3 Å². The zero-order valence-electron chi connectivity index (χ0n) is 18.9. The molecule has 0 atom stereocenters. The Labute approximate surface area is 201 Å². The van der Waals surface area contributed by atoms with Gasteiger partial charge in [0.2, 0.25) is 0 Å². The molecule has 1 amide bonds. The maximum Gasteiger partial charge on any atom is 0.263 e. The molecule has 3 aromatic heterocycles. The molecule has 170 valence electrons. The molecule has 0 bridgehead atoms. The van der Waals surface area contributed by atoms with Crippen molar-refractivity contribution < 1.29 is 9.53 Å². The molecule has 5 aromatic rings. The Balaban J connectivity index is 1.57. The van der Waals surface area contributed by atoms with Crippen LogP contribution < -0.4 is 9.64 Å². The summed E-state index contributed by atoms with van der Waals surface area (Å²) in [5.41, 5.74) is 3.70. The number of hydrogen-bond donors (Lipinski definition) is 0. The summed E-state index contributed by atoms with van der Waals surface area (Å²) < 4.78 is 8.49. The number of para-hydroxylation sites is 2. The van der Waals surface area contributed by atoms with Gasteiger partial charge in [-0.2, -0.15) is 5.10 Å². The van der Waals surface area contributed by atoms with E-state index in [1.54, 1.807) is 22.0 Å². The number of ether oxygens (including phenoxy) is 1. The molecule has 0 spiro atoms. The Kier molecular flexibility index (Phi) is 6.05. The van der Waals surface area contributed by atoms with Crippen LogP contribution in [0.4, 0.5) is 5.13 Å². The number of aromatic nitrogens is 4. The maximum atomic E-state index is 13.9. The summed E-state index contributed by atoms with van der Waals surface area (Å²) in [4.78, 5) is 24.8. The van der Waals surface area contributed by atoms with Gasteiger partial charge in [0.15, 0.2) is 5.13 Å². The van der Waals surface area contributed by atoms with Gasteiger partial charge < -0.3 is 4.74 Å². The third-order valence-electron chi connectivity index (χ3n) is 5.43. The normalized spacial score (nSPS) is 11.0. The Bertz CT molecular complexity index is 1430. The second-order valence-electron chi connectivity index (χ2n) is 7.64. The summed E-state index contributed by atoms with van der Waals surface area (Å²) in [5.74, 6) is 0.531. The molecular weight excluding hydrogens is 446 g/mol. The standard InChI is InChI=1S/C26H23N5O2S/c1-3-33-22-13-9-14-23-24(22)29-26(34-23)30(17-19-10-7-8-15-27-19)25(32)21-16-28-31(18(21)2)20-11-5-4-6-12-20/h4-16H,3,17H2,1-2H3. The highest BCUT2D eigenvalue weighted by atomic mass is 32.1. The first-order valence-electron chi connectivity index (χ1n) is 11.0. The fraction of sp³-hybridized carbons (Fsp3) is 0.154. The van der Waals surface area contributed by atoms with Crippen LogP contribution in [0.5, 0.6) is 5.75 Å². The number of carbonyl (C=O) groups excluding carboxylic acids is 1. The van der Waals surface area contributed by atoms with E-state index in [9.17, 15) is 4.79 Å². The molecule has 0 saturated carbocycles. The Morgan fingerprint density at radius 2 is 1.88 bits per heavy atom. The zero-order chi connectivity index (χ0) is 23.5. The van der Waals surface area contributed by atoms with E-state index in [2.05, 4.69) is 10.1 Å². The first-order chi connectivity index (χ1) is 16.7. The predicted molar refractivity (Wildman–Crippen MR) is 134 cm³/mol. The van der Waals surface area contributed by atoms with Crippen molar-refractivity contribution in [3.05, 3.63) is 96.1 Å². The minimum absolute atomic E-state index is 0.178. The van der Waals surface area contributed by atoms with Crippen LogP contribution in [-0.2, 0) is 6.54 Å². The number of thiazole rings is 1. The van der Waals surface area contributed by atoms with Gasteiger partial charge in [-0.15, -0.1) is 0 Å². The molecule has 7 nitrogen and oxygen atoms in total. The highest BCUT2D eigenvalue weighted by Gasteiger charge is 2.26. The number of benzene rings is 2. The second-order valence-corrected chi connectivity index (χ2v) is 8.64. The Hall–Kier alpha value is -4.04. The summed E-state index contributed by atoms with van der Waals surface area (Å²) in [5, 5.41) is 5.08. The second kappa shape index (κ2) is 9.44. The van der Waals surface area contributed by atoms with Crippen molar-refractivity contribution in [2.24, 2.45) is 0 Å². The molecule has 5 rings (SSSR count). The predicted octanol–water partition coefficient (Wildman–Crippen LogP) is 5.43. The summed E-state index contributed by atoms with van der Waals surface area (Å²) >= 11 is 1.46. The van der Waals surface area contributed by atoms with Gasteiger partial charge in [-0.05, 0) is 50.2 Å². The lowest BCUT2D eigenvalue weighted by Gasteiger charge is -2.19. The van der Waals surface area contributed by atoms with Crippen molar-refractivity contribution in [3.8, 4) is 11.4 Å². The highest BCUT2D eigenvalue weighted by molar-refractivity contribution is 7.22. The number of fused-ring (bicyclic) bond motifs is 1. The van der Waals surface area contributed by atoms with Gasteiger partial charge in [0.05, 0.1) is 46.7 Å². The molecule has 0 aliphatic heterocycles. The van der Waals surface area contributed by atoms with Gasteiger partial charge in [0.25, 0.3) is 5.91 Å². The van der Waals surface area contributed by atoms with Crippen LogP contribution in [0.2, 0.25) is 0 Å². The molecule has 0 saturated heterocycles. The first-order valence-corrected chi connectivity index (χ1v) is 11.8. The minimum atomic E-state index is -0.178. The van der Waals surface area contributed by atoms with Gasteiger partial charge in [-0.25, -0.2) is 9.67 Å². The molecular formula is C26H23N5O2S. The lowest BCUT2D eigenvalue weighted by Crippen LogP contribution is -2.31. The van der Waals surface area contributed by atoms with Crippen LogP contribution in [0, 0.1) is 6.92 Å². The van der Waals surface area contributed by atoms with Crippen LogP contribution in [0.25, 0.3) is 15.9 Å². The fourth-order valence-corrected chi connectivity index (χ4v) is 4.75. The SMILES string of the molecule is CCOc1cccc2sc(N(Cc3ccccn3)C(=O)c3cnn(-c4ccccc4)c3C)nc12. The average molecular weight is 470 g/mol. The van der Waals surface area contributed by atoms with Crippen molar-refractivity contribution in [1.82, 2.24) is 19.7 Å². The first kappa shape index (κ1) is 21.8. The van der Waals surface area contributed by atoms with E-state index in [4.69, 9.17) is 9.72 Å². The Morgan fingerprint density at radius 3 is 2.65 bits per heavy atom. The lowest BCUT2D eigenvalue weighted by atomic mass is 10.2. The lowest BCUT2D eigenvalue weighted by molar-refractivity contribution is 0.0984. The minimum Gasteiger partial charge on any atom is -0.492 e. The quantitative estimate of drug-likeness (QED) is 0.318. The molecule has 0 fully saturated rings. The Morgan fingerprint density at radius 1 is 1.06 bits per heavy atom. The average Bonchev–Trinajstić information content (AvgIpc) is 3.48. The summed E-state index contributed by atoms with van der Waals surface area (Å²) in [7, 11) is 0. The molecule has 2 aromatic carbocycles. The monoisotopic (exact) mass is 469 g/mol. The number of pyridine rings is 1. The molecule has 3 heterocycles. The summed E-state index contributed by atoms with van der Waals surface area (Å²) in [6, 6.07) is 21.3. The van der Waals surface area contributed by atoms with Crippen LogP contribution in [0.15, 0.2) is 79.1 Å². The number of amides is 1. The number of anilines is 1. The number of rotatable bonds is 7. The number of carbonyl (C=O) groups is 1.